The Balaban J connectivity index is 1.51. The third kappa shape index (κ3) is 2.83. The van der Waals surface area contributed by atoms with Crippen molar-refractivity contribution in [1.29, 1.82) is 0 Å². The molecule has 0 bridgehead atoms. The molecular weight excluding hydrogens is 348 g/mol. The zero-order valence-corrected chi connectivity index (χ0v) is 15.9. The lowest BCUT2D eigenvalue weighted by Crippen LogP contribution is -2.35. The Morgan fingerprint density at radius 2 is 2.00 bits per heavy atom. The van der Waals surface area contributed by atoms with E-state index in [1.807, 2.05) is 30.5 Å². The molecule has 0 spiro atoms. The zero-order valence-electron chi connectivity index (χ0n) is 15.9. The fourth-order valence-corrected chi connectivity index (χ4v) is 4.85. The van der Waals surface area contributed by atoms with E-state index < -0.39 is 0 Å². The SMILES string of the molecule is Cc1ccccc1[C@H]1[C@H]2CNC[C@H]2CN1C(=O)c1cccc(-c2cn[nH]c2)c1. The predicted octanol–water partition coefficient (Wildman–Crippen LogP) is 3.42. The summed E-state index contributed by atoms with van der Waals surface area (Å²) in [7, 11) is 0. The smallest absolute Gasteiger partial charge is 0.254 e. The molecule has 2 fully saturated rings. The maximum atomic E-state index is 13.6. The van der Waals surface area contributed by atoms with E-state index in [1.54, 1.807) is 6.20 Å². The van der Waals surface area contributed by atoms with E-state index in [-0.39, 0.29) is 11.9 Å². The van der Waals surface area contributed by atoms with Crippen molar-refractivity contribution in [1.82, 2.24) is 20.4 Å². The first-order valence-corrected chi connectivity index (χ1v) is 9.89. The maximum absolute atomic E-state index is 13.6. The summed E-state index contributed by atoms with van der Waals surface area (Å²) in [5, 5.41) is 10.4. The molecule has 1 amide bonds. The zero-order chi connectivity index (χ0) is 19.1. The standard InChI is InChI=1S/C23H24N4O/c1-15-5-2-3-8-20(15)22-21-13-24-10-19(21)14-27(22)23(28)17-7-4-6-16(9-17)18-11-25-26-12-18/h2-9,11-12,19,21-22,24H,10,13-14H2,1H3,(H,25,26)/t19-,21-,22-/m0/s1. The van der Waals surface area contributed by atoms with Crippen LogP contribution in [0.4, 0.5) is 0 Å². The number of aryl methyl sites for hydroxylation is 1. The highest BCUT2D eigenvalue weighted by molar-refractivity contribution is 5.96. The molecule has 142 valence electrons. The number of hydrogen-bond acceptors (Lipinski definition) is 3. The van der Waals surface area contributed by atoms with Gasteiger partial charge in [0.15, 0.2) is 0 Å². The minimum atomic E-state index is 0.119. The Bertz CT molecular complexity index is 997. The highest BCUT2D eigenvalue weighted by atomic mass is 16.2. The van der Waals surface area contributed by atoms with Gasteiger partial charge in [0.25, 0.3) is 5.91 Å². The minimum absolute atomic E-state index is 0.119. The molecule has 2 N–H and O–H groups in total. The number of benzene rings is 2. The van der Waals surface area contributed by atoms with E-state index in [0.29, 0.717) is 11.8 Å². The average molecular weight is 372 g/mol. The molecule has 0 unspecified atom stereocenters. The first-order chi connectivity index (χ1) is 13.7. The Labute approximate surface area is 164 Å². The molecule has 3 atom stereocenters. The van der Waals surface area contributed by atoms with Crippen molar-refractivity contribution in [2.45, 2.75) is 13.0 Å². The normalized spacial score (nSPS) is 23.8. The van der Waals surface area contributed by atoms with Gasteiger partial charge in [-0.1, -0.05) is 36.4 Å². The lowest BCUT2D eigenvalue weighted by molar-refractivity contribution is 0.0713. The van der Waals surface area contributed by atoms with Gasteiger partial charge in [-0.15, -0.1) is 0 Å². The van der Waals surface area contributed by atoms with E-state index in [1.165, 1.54) is 11.1 Å². The summed E-state index contributed by atoms with van der Waals surface area (Å²) >= 11 is 0. The molecule has 5 heteroatoms. The van der Waals surface area contributed by atoms with Crippen LogP contribution in [0.25, 0.3) is 11.1 Å². The van der Waals surface area contributed by atoms with Gasteiger partial charge in [0.2, 0.25) is 0 Å². The van der Waals surface area contributed by atoms with Crippen molar-refractivity contribution in [3.05, 3.63) is 77.6 Å². The molecule has 2 aliphatic heterocycles. The Morgan fingerprint density at radius 1 is 1.11 bits per heavy atom. The van der Waals surface area contributed by atoms with Crippen LogP contribution in [0.2, 0.25) is 0 Å². The third-order valence-corrected chi connectivity index (χ3v) is 6.27. The number of aromatic amines is 1. The minimum Gasteiger partial charge on any atom is -0.331 e. The number of amides is 1. The number of nitrogens with one attached hydrogen (secondary N) is 2. The van der Waals surface area contributed by atoms with Crippen LogP contribution in [0.5, 0.6) is 0 Å². The fourth-order valence-electron chi connectivity index (χ4n) is 4.85. The predicted molar refractivity (Wildman–Crippen MR) is 109 cm³/mol. The monoisotopic (exact) mass is 372 g/mol. The van der Waals surface area contributed by atoms with Crippen LogP contribution in [0, 0.1) is 18.8 Å². The lowest BCUT2D eigenvalue weighted by Gasteiger charge is -2.30. The van der Waals surface area contributed by atoms with Crippen molar-refractivity contribution in [3.63, 3.8) is 0 Å². The summed E-state index contributed by atoms with van der Waals surface area (Å²) in [5.41, 5.74) is 5.27. The number of hydrogen-bond donors (Lipinski definition) is 2. The van der Waals surface area contributed by atoms with Gasteiger partial charge >= 0.3 is 0 Å². The molecule has 2 aromatic carbocycles. The molecule has 3 heterocycles. The Hall–Kier alpha value is -2.92. The Morgan fingerprint density at radius 3 is 2.82 bits per heavy atom. The van der Waals surface area contributed by atoms with Gasteiger partial charge in [-0.25, -0.2) is 0 Å². The van der Waals surface area contributed by atoms with E-state index >= 15 is 0 Å². The van der Waals surface area contributed by atoms with Gasteiger partial charge in [0.1, 0.15) is 0 Å². The second-order valence-corrected chi connectivity index (χ2v) is 7.91. The van der Waals surface area contributed by atoms with Crippen molar-refractivity contribution < 1.29 is 4.79 Å². The number of rotatable bonds is 3. The number of likely N-dealkylation sites (tertiary alicyclic amines) is 1. The van der Waals surface area contributed by atoms with Crippen LogP contribution < -0.4 is 5.32 Å². The van der Waals surface area contributed by atoms with Crippen molar-refractivity contribution in [2.24, 2.45) is 11.8 Å². The summed E-state index contributed by atoms with van der Waals surface area (Å²) in [6.07, 6.45) is 3.64. The maximum Gasteiger partial charge on any atom is 0.254 e. The van der Waals surface area contributed by atoms with Gasteiger partial charge in [-0.2, -0.15) is 5.10 Å². The van der Waals surface area contributed by atoms with Crippen molar-refractivity contribution in [3.8, 4) is 11.1 Å². The first kappa shape index (κ1) is 17.2. The Kier molecular flexibility index (Phi) is 4.24. The van der Waals surface area contributed by atoms with E-state index in [0.717, 1.165) is 36.3 Å². The van der Waals surface area contributed by atoms with Crippen LogP contribution in [-0.4, -0.2) is 40.6 Å². The lowest BCUT2D eigenvalue weighted by atomic mass is 9.87. The number of nitrogens with zero attached hydrogens (tertiary/aromatic N) is 2. The molecule has 0 radical (unpaired) electrons. The van der Waals surface area contributed by atoms with Gasteiger partial charge < -0.3 is 10.2 Å². The van der Waals surface area contributed by atoms with E-state index in [4.69, 9.17) is 0 Å². The van der Waals surface area contributed by atoms with Gasteiger partial charge in [-0.3, -0.25) is 9.89 Å². The topological polar surface area (TPSA) is 61.0 Å². The second-order valence-electron chi connectivity index (χ2n) is 7.91. The summed E-state index contributed by atoms with van der Waals surface area (Å²) in [5.74, 6) is 1.11. The summed E-state index contributed by atoms with van der Waals surface area (Å²) in [6.45, 7) is 4.92. The van der Waals surface area contributed by atoms with Crippen molar-refractivity contribution >= 4 is 5.91 Å². The fraction of sp³-hybridized carbons (Fsp3) is 0.304. The van der Waals surface area contributed by atoms with Crippen molar-refractivity contribution in [2.75, 3.05) is 19.6 Å². The van der Waals surface area contributed by atoms with Crippen LogP contribution in [0.3, 0.4) is 0 Å². The molecule has 5 nitrogen and oxygen atoms in total. The number of carbonyl (C=O) groups excluding carboxylic acids is 1. The summed E-state index contributed by atoms with van der Waals surface area (Å²) in [6, 6.07) is 16.5. The van der Waals surface area contributed by atoms with Gasteiger partial charge in [0.05, 0.1) is 12.2 Å². The highest BCUT2D eigenvalue weighted by Gasteiger charge is 2.47. The summed E-state index contributed by atoms with van der Waals surface area (Å²) < 4.78 is 0. The summed E-state index contributed by atoms with van der Waals surface area (Å²) in [4.78, 5) is 15.7. The highest BCUT2D eigenvalue weighted by Crippen LogP contribution is 2.44. The quantitative estimate of drug-likeness (QED) is 0.741. The van der Waals surface area contributed by atoms with E-state index in [2.05, 4.69) is 51.6 Å². The number of aromatic nitrogens is 2. The molecular formula is C23H24N4O. The number of carbonyl (C=O) groups is 1. The van der Waals surface area contributed by atoms with Crippen LogP contribution in [0.15, 0.2) is 60.9 Å². The number of fused-ring (bicyclic) bond motifs is 1. The molecule has 1 aromatic heterocycles. The van der Waals surface area contributed by atoms with Crippen LogP contribution in [-0.2, 0) is 0 Å². The van der Waals surface area contributed by atoms with Crippen LogP contribution in [0.1, 0.15) is 27.5 Å². The molecule has 28 heavy (non-hydrogen) atoms. The molecule has 3 aromatic rings. The molecule has 0 aliphatic carbocycles. The van der Waals surface area contributed by atoms with Gasteiger partial charge in [0, 0.05) is 42.9 Å². The second kappa shape index (κ2) is 6.91. The van der Waals surface area contributed by atoms with Crippen LogP contribution >= 0.6 is 0 Å². The number of H-pyrrole nitrogens is 1. The molecule has 5 rings (SSSR count). The first-order valence-electron chi connectivity index (χ1n) is 9.89. The molecule has 0 saturated carbocycles. The third-order valence-electron chi connectivity index (χ3n) is 6.27. The van der Waals surface area contributed by atoms with E-state index in [9.17, 15) is 4.79 Å². The largest absolute Gasteiger partial charge is 0.331 e. The van der Waals surface area contributed by atoms with Gasteiger partial charge in [-0.05, 0) is 41.7 Å². The average Bonchev–Trinajstić information content (AvgIpc) is 3.45. The molecule has 2 aliphatic rings. The molecule has 2 saturated heterocycles.